The molecule has 0 aliphatic rings. The summed E-state index contributed by atoms with van der Waals surface area (Å²) in [6, 6.07) is 14.0. The molecule has 0 radical (unpaired) electrons. The van der Waals surface area contributed by atoms with E-state index < -0.39 is 5.97 Å². The van der Waals surface area contributed by atoms with Crippen molar-refractivity contribution in [3.8, 4) is 17.2 Å². The zero-order valence-electron chi connectivity index (χ0n) is 14.4. The van der Waals surface area contributed by atoms with Gasteiger partial charge in [-0.2, -0.15) is 0 Å². The van der Waals surface area contributed by atoms with E-state index in [1.165, 1.54) is 7.11 Å². The van der Waals surface area contributed by atoms with Crippen LogP contribution < -0.4 is 0 Å². The minimum absolute atomic E-state index is 0.174. The Morgan fingerprint density at radius 1 is 1.19 bits per heavy atom. The molecule has 134 valence electrons. The maximum absolute atomic E-state index is 12.0. The highest BCUT2D eigenvalue weighted by atomic mass is 32.2. The molecule has 0 saturated carbocycles. The molecule has 0 aliphatic carbocycles. The Morgan fingerprint density at radius 3 is 2.65 bits per heavy atom. The van der Waals surface area contributed by atoms with E-state index in [0.29, 0.717) is 22.6 Å². The number of thioether (sulfide) groups is 1. The lowest BCUT2D eigenvalue weighted by Gasteiger charge is -2.13. The summed E-state index contributed by atoms with van der Waals surface area (Å²) in [4.78, 5) is 12.0. The minimum atomic E-state index is -0.472. The van der Waals surface area contributed by atoms with E-state index in [-0.39, 0.29) is 16.9 Å². The Morgan fingerprint density at radius 2 is 1.92 bits per heavy atom. The van der Waals surface area contributed by atoms with Crippen LogP contribution in [0.25, 0.3) is 11.5 Å². The van der Waals surface area contributed by atoms with E-state index in [4.69, 9.17) is 9.15 Å². The second-order valence-corrected chi connectivity index (χ2v) is 6.76. The number of aromatic hydroxyl groups is 1. The Balaban J connectivity index is 2.01. The van der Waals surface area contributed by atoms with E-state index in [1.54, 1.807) is 48.2 Å². The molecule has 3 rings (SSSR count). The van der Waals surface area contributed by atoms with Crippen LogP contribution in [0, 0.1) is 0 Å². The standard InChI is InChI=1S/C19H18N2O4S/c1-3-26-16(14-10-6-7-11-15(14)22)18-21-20-17(25-18)12-8-4-5-9-13(12)19(23)24-2/h4-11,16,22H,3H2,1-2H3. The fourth-order valence-electron chi connectivity index (χ4n) is 2.58. The van der Waals surface area contributed by atoms with Gasteiger partial charge in [0.2, 0.25) is 11.8 Å². The average Bonchev–Trinajstić information content (AvgIpc) is 3.16. The van der Waals surface area contributed by atoms with Gasteiger partial charge < -0.3 is 14.3 Å². The Labute approximate surface area is 155 Å². The lowest BCUT2D eigenvalue weighted by atomic mass is 10.1. The van der Waals surface area contributed by atoms with E-state index in [9.17, 15) is 9.90 Å². The maximum atomic E-state index is 12.0. The molecule has 0 amide bonds. The summed E-state index contributed by atoms with van der Waals surface area (Å²) in [7, 11) is 1.32. The predicted octanol–water partition coefficient (Wildman–Crippen LogP) is 4.07. The smallest absolute Gasteiger partial charge is 0.338 e. The third-order valence-corrected chi connectivity index (χ3v) is 4.90. The number of phenols is 1. The van der Waals surface area contributed by atoms with Crippen molar-refractivity contribution in [2.24, 2.45) is 0 Å². The molecule has 26 heavy (non-hydrogen) atoms. The molecule has 6 nitrogen and oxygen atoms in total. The minimum Gasteiger partial charge on any atom is -0.508 e. The van der Waals surface area contributed by atoms with Crippen LogP contribution in [-0.4, -0.2) is 34.1 Å². The predicted molar refractivity (Wildman–Crippen MR) is 99.2 cm³/mol. The first-order valence-electron chi connectivity index (χ1n) is 8.06. The van der Waals surface area contributed by atoms with Gasteiger partial charge in [0.1, 0.15) is 11.0 Å². The SMILES string of the molecule is CCSC(c1nnc(-c2ccccc2C(=O)OC)o1)c1ccccc1O. The van der Waals surface area contributed by atoms with Crippen molar-refractivity contribution in [1.82, 2.24) is 10.2 Å². The first kappa shape index (κ1) is 18.0. The van der Waals surface area contributed by atoms with Crippen molar-refractivity contribution in [2.75, 3.05) is 12.9 Å². The third-order valence-electron chi connectivity index (χ3n) is 3.78. The fraction of sp³-hybridized carbons (Fsp3) is 0.211. The number of phenolic OH excluding ortho intramolecular Hbond substituents is 1. The molecular weight excluding hydrogens is 352 g/mol. The molecule has 2 aromatic carbocycles. The fourth-order valence-corrected chi connectivity index (χ4v) is 3.53. The molecule has 0 bridgehead atoms. The normalized spacial score (nSPS) is 11.9. The van der Waals surface area contributed by atoms with Gasteiger partial charge in [-0.3, -0.25) is 0 Å². The molecule has 0 aliphatic heterocycles. The van der Waals surface area contributed by atoms with Crippen molar-refractivity contribution in [2.45, 2.75) is 12.2 Å². The molecule has 1 N–H and O–H groups in total. The number of aromatic nitrogens is 2. The molecule has 3 aromatic rings. The number of carbonyl (C=O) groups is 1. The number of ether oxygens (including phenoxy) is 1. The van der Waals surface area contributed by atoms with E-state index in [0.717, 1.165) is 5.75 Å². The number of nitrogens with zero attached hydrogens (tertiary/aromatic N) is 2. The van der Waals surface area contributed by atoms with Crippen LogP contribution in [0.5, 0.6) is 5.75 Å². The number of hydrogen-bond donors (Lipinski definition) is 1. The third kappa shape index (κ3) is 3.57. The largest absolute Gasteiger partial charge is 0.508 e. The second kappa shape index (κ2) is 8.05. The van der Waals surface area contributed by atoms with Crippen LogP contribution in [0.1, 0.15) is 34.0 Å². The van der Waals surface area contributed by atoms with E-state index in [1.807, 2.05) is 19.1 Å². The van der Waals surface area contributed by atoms with Crippen LogP contribution in [0.3, 0.4) is 0 Å². The Kier molecular flexibility index (Phi) is 5.58. The number of benzene rings is 2. The summed E-state index contributed by atoms with van der Waals surface area (Å²) in [5, 5.41) is 18.1. The first-order valence-corrected chi connectivity index (χ1v) is 9.11. The van der Waals surface area contributed by atoms with E-state index in [2.05, 4.69) is 10.2 Å². The molecule has 0 spiro atoms. The number of carbonyl (C=O) groups excluding carboxylic acids is 1. The first-order chi connectivity index (χ1) is 12.7. The van der Waals surface area contributed by atoms with E-state index >= 15 is 0 Å². The van der Waals surface area contributed by atoms with Gasteiger partial charge in [0.25, 0.3) is 0 Å². The molecule has 1 heterocycles. The van der Waals surface area contributed by atoms with Crippen molar-refractivity contribution < 1.29 is 19.1 Å². The molecule has 0 fully saturated rings. The summed E-state index contributed by atoms with van der Waals surface area (Å²) in [5.74, 6) is 1.11. The van der Waals surface area contributed by atoms with Crippen LogP contribution in [-0.2, 0) is 4.74 Å². The quantitative estimate of drug-likeness (QED) is 0.655. The number of esters is 1. The molecule has 1 atom stereocenters. The molecule has 1 unspecified atom stereocenters. The highest BCUT2D eigenvalue weighted by Crippen LogP contribution is 2.39. The van der Waals surface area contributed by atoms with Gasteiger partial charge >= 0.3 is 5.97 Å². The Bertz CT molecular complexity index is 910. The van der Waals surface area contributed by atoms with Gasteiger partial charge in [0, 0.05) is 5.56 Å². The van der Waals surface area contributed by atoms with Gasteiger partial charge in [-0.1, -0.05) is 37.3 Å². The lowest BCUT2D eigenvalue weighted by Crippen LogP contribution is -2.03. The van der Waals surface area contributed by atoms with Gasteiger partial charge in [-0.05, 0) is 24.0 Å². The van der Waals surface area contributed by atoms with Crippen molar-refractivity contribution in [1.29, 1.82) is 0 Å². The van der Waals surface area contributed by atoms with Gasteiger partial charge in [0.15, 0.2) is 0 Å². The second-order valence-electron chi connectivity index (χ2n) is 5.38. The monoisotopic (exact) mass is 370 g/mol. The summed E-state index contributed by atoms with van der Waals surface area (Å²) in [5.41, 5.74) is 1.57. The number of hydrogen-bond acceptors (Lipinski definition) is 7. The summed E-state index contributed by atoms with van der Waals surface area (Å²) >= 11 is 1.57. The highest BCUT2D eigenvalue weighted by molar-refractivity contribution is 7.99. The zero-order valence-corrected chi connectivity index (χ0v) is 15.2. The molecular formula is C19H18N2O4S. The van der Waals surface area contributed by atoms with Crippen LogP contribution in [0.15, 0.2) is 52.9 Å². The van der Waals surface area contributed by atoms with Crippen molar-refractivity contribution >= 4 is 17.7 Å². The van der Waals surface area contributed by atoms with Crippen LogP contribution in [0.4, 0.5) is 0 Å². The van der Waals surface area contributed by atoms with Crippen molar-refractivity contribution in [3.05, 3.63) is 65.5 Å². The Hall–Kier alpha value is -2.80. The molecule has 1 aromatic heterocycles. The summed E-state index contributed by atoms with van der Waals surface area (Å²) in [6.45, 7) is 2.02. The van der Waals surface area contributed by atoms with Crippen molar-refractivity contribution in [3.63, 3.8) is 0 Å². The topological polar surface area (TPSA) is 85.5 Å². The average molecular weight is 370 g/mol. The highest BCUT2D eigenvalue weighted by Gasteiger charge is 2.25. The number of methoxy groups -OCH3 is 1. The van der Waals surface area contributed by atoms with Gasteiger partial charge in [-0.15, -0.1) is 22.0 Å². The summed E-state index contributed by atoms with van der Waals surface area (Å²) in [6.07, 6.45) is 0. The van der Waals surface area contributed by atoms with Crippen LogP contribution in [0.2, 0.25) is 0 Å². The summed E-state index contributed by atoms with van der Waals surface area (Å²) < 4.78 is 10.7. The maximum Gasteiger partial charge on any atom is 0.338 e. The molecule has 7 heteroatoms. The zero-order chi connectivity index (χ0) is 18.5. The van der Waals surface area contributed by atoms with Crippen LogP contribution >= 0.6 is 11.8 Å². The number of para-hydroxylation sites is 1. The molecule has 0 saturated heterocycles. The number of rotatable bonds is 6. The van der Waals surface area contributed by atoms with Gasteiger partial charge in [0.05, 0.1) is 18.2 Å². The van der Waals surface area contributed by atoms with Gasteiger partial charge in [-0.25, -0.2) is 4.79 Å². The lowest BCUT2D eigenvalue weighted by molar-refractivity contribution is 0.0601.